The lowest BCUT2D eigenvalue weighted by atomic mass is 9.89. The van der Waals surface area contributed by atoms with Crippen LogP contribution in [0.1, 0.15) is 36.3 Å². The number of nitrogens with one attached hydrogen (secondary N) is 4. The van der Waals surface area contributed by atoms with Crippen LogP contribution in [0.15, 0.2) is 30.3 Å². The van der Waals surface area contributed by atoms with Gasteiger partial charge >= 0.3 is 0 Å². The summed E-state index contributed by atoms with van der Waals surface area (Å²) in [6.07, 6.45) is 1.97. The summed E-state index contributed by atoms with van der Waals surface area (Å²) in [5.41, 5.74) is 7.61. The quantitative estimate of drug-likeness (QED) is 0.635. The summed E-state index contributed by atoms with van der Waals surface area (Å²) in [6, 6.07) is 10.4. The second kappa shape index (κ2) is 7.79. The highest BCUT2D eigenvalue weighted by molar-refractivity contribution is 7.15. The van der Waals surface area contributed by atoms with Crippen molar-refractivity contribution in [3.8, 4) is 0 Å². The van der Waals surface area contributed by atoms with Gasteiger partial charge in [0.25, 0.3) is 0 Å². The first-order chi connectivity index (χ1) is 12.8. The van der Waals surface area contributed by atoms with E-state index in [9.17, 15) is 4.79 Å². The van der Waals surface area contributed by atoms with E-state index in [0.29, 0.717) is 11.2 Å². The van der Waals surface area contributed by atoms with Crippen molar-refractivity contribution in [1.82, 2.24) is 26.4 Å². The molecule has 4 atom stereocenters. The number of hydrogen-bond donors (Lipinski definition) is 4. The predicted octanol–water partition coefficient (Wildman–Crippen LogP) is 1.47. The topological polar surface area (TPSA) is 91.0 Å². The molecule has 4 N–H and O–H groups in total. The Morgan fingerprint density at radius 1 is 1.31 bits per heavy atom. The van der Waals surface area contributed by atoms with Crippen LogP contribution in [0.2, 0.25) is 0 Å². The zero-order chi connectivity index (χ0) is 17.9. The average molecular weight is 372 g/mol. The Morgan fingerprint density at radius 3 is 2.96 bits per heavy atom. The minimum Gasteiger partial charge on any atom is -0.316 e. The van der Waals surface area contributed by atoms with Gasteiger partial charge in [-0.15, -0.1) is 10.2 Å². The van der Waals surface area contributed by atoms with E-state index in [4.69, 9.17) is 0 Å². The van der Waals surface area contributed by atoms with Crippen LogP contribution in [0.5, 0.6) is 0 Å². The Bertz CT molecular complexity index is 751. The maximum atomic E-state index is 12.7. The second-order valence-electron chi connectivity index (χ2n) is 6.84. The van der Waals surface area contributed by atoms with Gasteiger partial charge in [0.15, 0.2) is 0 Å². The molecule has 0 bridgehead atoms. The van der Waals surface area contributed by atoms with Gasteiger partial charge < -0.3 is 5.32 Å². The standard InChI is InChI=1S/C18H24N6OS/c1-2-12(11-6-4-3-5-7-11)17-23-24-18(26-17)20-16(25)15-13-10-19-9-8-14(13)21-22-15/h3-7,12-15,19,21-22H,2,8-10H2,1H3,(H,20,24,25). The van der Waals surface area contributed by atoms with Crippen LogP contribution in [0, 0.1) is 5.92 Å². The minimum absolute atomic E-state index is 0.0517. The van der Waals surface area contributed by atoms with Gasteiger partial charge in [-0.3, -0.25) is 15.5 Å². The molecule has 2 aliphatic heterocycles. The van der Waals surface area contributed by atoms with Gasteiger partial charge in [0, 0.05) is 24.4 Å². The third-order valence-electron chi connectivity index (χ3n) is 5.24. The van der Waals surface area contributed by atoms with Crippen molar-refractivity contribution >= 4 is 22.4 Å². The Labute approximate surface area is 157 Å². The molecule has 4 rings (SSSR count). The number of nitrogens with zero attached hydrogens (tertiary/aromatic N) is 2. The lowest BCUT2D eigenvalue weighted by Crippen LogP contribution is -2.47. The Morgan fingerprint density at radius 2 is 2.15 bits per heavy atom. The van der Waals surface area contributed by atoms with Crippen LogP contribution in [0.25, 0.3) is 0 Å². The zero-order valence-electron chi connectivity index (χ0n) is 14.7. The predicted molar refractivity (Wildman–Crippen MR) is 102 cm³/mol. The van der Waals surface area contributed by atoms with E-state index in [0.717, 1.165) is 30.9 Å². The smallest absolute Gasteiger partial charge is 0.245 e. The van der Waals surface area contributed by atoms with Crippen molar-refractivity contribution in [2.75, 3.05) is 18.4 Å². The third kappa shape index (κ3) is 3.50. The maximum Gasteiger partial charge on any atom is 0.245 e. The molecule has 8 heteroatoms. The third-order valence-corrected chi connectivity index (χ3v) is 6.20. The van der Waals surface area contributed by atoms with E-state index in [1.165, 1.54) is 16.9 Å². The normalized spacial score (nSPS) is 26.3. The van der Waals surface area contributed by atoms with Crippen molar-refractivity contribution in [3.05, 3.63) is 40.9 Å². The van der Waals surface area contributed by atoms with Crippen LogP contribution >= 0.6 is 11.3 Å². The number of carbonyl (C=O) groups excluding carboxylic acids is 1. The fraction of sp³-hybridized carbons (Fsp3) is 0.500. The number of hydrogen-bond acceptors (Lipinski definition) is 7. The molecule has 3 heterocycles. The fourth-order valence-electron chi connectivity index (χ4n) is 3.82. The largest absolute Gasteiger partial charge is 0.316 e. The molecule has 0 radical (unpaired) electrons. The Balaban J connectivity index is 1.44. The highest BCUT2D eigenvalue weighted by atomic mass is 32.1. The average Bonchev–Trinajstić information content (AvgIpc) is 3.30. The molecule has 2 aliphatic rings. The van der Waals surface area contributed by atoms with Gasteiger partial charge in [-0.05, 0) is 24.9 Å². The van der Waals surface area contributed by atoms with Gasteiger partial charge in [-0.1, -0.05) is 48.6 Å². The SMILES string of the molecule is CCC(c1ccccc1)c1nnc(NC(=O)C2NNC3CCNCC32)s1. The Hall–Kier alpha value is -1.87. The molecule has 0 saturated carbocycles. The summed E-state index contributed by atoms with van der Waals surface area (Å²) < 4.78 is 0. The maximum absolute atomic E-state index is 12.7. The summed E-state index contributed by atoms with van der Waals surface area (Å²) in [7, 11) is 0. The van der Waals surface area contributed by atoms with Crippen molar-refractivity contribution in [2.24, 2.45) is 5.92 Å². The molecular formula is C18H24N6OS. The first-order valence-electron chi connectivity index (χ1n) is 9.17. The molecule has 1 aromatic heterocycles. The number of hydrazine groups is 1. The number of amides is 1. The van der Waals surface area contributed by atoms with E-state index < -0.39 is 0 Å². The van der Waals surface area contributed by atoms with E-state index >= 15 is 0 Å². The minimum atomic E-state index is -0.253. The van der Waals surface area contributed by atoms with Gasteiger partial charge in [-0.2, -0.15) is 0 Å². The first-order valence-corrected chi connectivity index (χ1v) is 9.99. The van der Waals surface area contributed by atoms with Gasteiger partial charge in [0.2, 0.25) is 11.0 Å². The molecule has 7 nitrogen and oxygen atoms in total. The monoisotopic (exact) mass is 372 g/mol. The molecular weight excluding hydrogens is 348 g/mol. The fourth-order valence-corrected chi connectivity index (χ4v) is 4.78. The summed E-state index contributed by atoms with van der Waals surface area (Å²) in [5, 5.41) is 16.3. The molecule has 26 heavy (non-hydrogen) atoms. The number of rotatable bonds is 5. The van der Waals surface area contributed by atoms with Crippen molar-refractivity contribution in [3.63, 3.8) is 0 Å². The molecule has 2 fully saturated rings. The summed E-state index contributed by atoms with van der Waals surface area (Å²) in [6.45, 7) is 3.97. The van der Waals surface area contributed by atoms with Crippen molar-refractivity contribution in [1.29, 1.82) is 0 Å². The lowest BCUT2D eigenvalue weighted by molar-refractivity contribution is -0.118. The summed E-state index contributed by atoms with van der Waals surface area (Å²) in [4.78, 5) is 12.7. The number of piperidine rings is 1. The van der Waals surface area contributed by atoms with E-state index in [1.807, 2.05) is 18.2 Å². The zero-order valence-corrected chi connectivity index (χ0v) is 15.6. The van der Waals surface area contributed by atoms with Crippen LogP contribution in [-0.2, 0) is 4.79 Å². The molecule has 0 aliphatic carbocycles. The van der Waals surface area contributed by atoms with Crippen molar-refractivity contribution < 1.29 is 4.79 Å². The highest BCUT2D eigenvalue weighted by Gasteiger charge is 2.41. The number of benzene rings is 1. The molecule has 2 aromatic rings. The van der Waals surface area contributed by atoms with Gasteiger partial charge in [0.05, 0.1) is 0 Å². The summed E-state index contributed by atoms with van der Waals surface area (Å²) in [5.74, 6) is 0.408. The number of anilines is 1. The first kappa shape index (κ1) is 17.5. The van der Waals surface area contributed by atoms with E-state index in [1.54, 1.807) is 0 Å². The molecule has 1 aromatic carbocycles. The van der Waals surface area contributed by atoms with Crippen LogP contribution < -0.4 is 21.5 Å². The molecule has 0 spiro atoms. The van der Waals surface area contributed by atoms with Crippen molar-refractivity contribution in [2.45, 2.75) is 37.8 Å². The summed E-state index contributed by atoms with van der Waals surface area (Å²) >= 11 is 1.46. The lowest BCUT2D eigenvalue weighted by Gasteiger charge is -2.27. The van der Waals surface area contributed by atoms with Gasteiger partial charge in [0.1, 0.15) is 11.0 Å². The molecule has 4 unspecified atom stereocenters. The number of aromatic nitrogens is 2. The second-order valence-corrected chi connectivity index (χ2v) is 7.84. The highest BCUT2D eigenvalue weighted by Crippen LogP contribution is 2.31. The number of fused-ring (bicyclic) bond motifs is 1. The molecule has 1 amide bonds. The van der Waals surface area contributed by atoms with Crippen LogP contribution in [0.3, 0.4) is 0 Å². The molecule has 2 saturated heterocycles. The van der Waals surface area contributed by atoms with Crippen LogP contribution in [-0.4, -0.2) is 41.3 Å². The van der Waals surface area contributed by atoms with Crippen LogP contribution in [0.4, 0.5) is 5.13 Å². The van der Waals surface area contributed by atoms with E-state index in [2.05, 4.69) is 50.7 Å². The van der Waals surface area contributed by atoms with Gasteiger partial charge in [-0.25, -0.2) is 5.43 Å². The number of carbonyl (C=O) groups is 1. The Kier molecular flexibility index (Phi) is 5.26. The van der Waals surface area contributed by atoms with E-state index in [-0.39, 0.29) is 23.8 Å². The molecule has 138 valence electrons.